The predicted octanol–water partition coefficient (Wildman–Crippen LogP) is 2.86. The number of benzene rings is 2. The zero-order chi connectivity index (χ0) is 14.7. The highest BCUT2D eigenvalue weighted by Crippen LogP contribution is 2.22. The molecule has 1 amide bonds. The largest absolute Gasteiger partial charge is 0.508 e. The summed E-state index contributed by atoms with van der Waals surface area (Å²) in [6.45, 7) is 1.53. The van der Waals surface area contributed by atoms with Gasteiger partial charge in [0.2, 0.25) is 0 Å². The third kappa shape index (κ3) is 2.74. The minimum absolute atomic E-state index is 0.0922. The summed E-state index contributed by atoms with van der Waals surface area (Å²) in [5.74, 6) is -0.341. The fraction of sp³-hybridized carbons (Fsp3) is 0.0714. The minimum atomic E-state index is -0.521. The van der Waals surface area contributed by atoms with E-state index in [1.165, 1.54) is 37.3 Å². The van der Waals surface area contributed by atoms with E-state index in [-0.39, 0.29) is 17.0 Å². The Morgan fingerprint density at radius 1 is 1.20 bits per heavy atom. The highest BCUT2D eigenvalue weighted by Gasteiger charge is 2.17. The fourth-order valence-corrected chi connectivity index (χ4v) is 1.81. The molecule has 0 saturated carbocycles. The number of phenolic OH excluding ortho intramolecular Hbond substituents is 1. The van der Waals surface area contributed by atoms with E-state index in [9.17, 15) is 14.9 Å². The van der Waals surface area contributed by atoms with Crippen LogP contribution in [0.2, 0.25) is 0 Å². The molecule has 0 fully saturated rings. The Balaban J connectivity index is 2.28. The van der Waals surface area contributed by atoms with Crippen LogP contribution in [0.1, 0.15) is 15.9 Å². The van der Waals surface area contributed by atoms with E-state index in [2.05, 4.69) is 5.32 Å². The summed E-state index contributed by atoms with van der Waals surface area (Å²) in [5, 5.41) is 22.6. The van der Waals surface area contributed by atoms with Gasteiger partial charge in [0.25, 0.3) is 11.6 Å². The number of carbonyl (C=O) groups is 1. The van der Waals surface area contributed by atoms with Crippen molar-refractivity contribution >= 4 is 17.3 Å². The second-order valence-corrected chi connectivity index (χ2v) is 4.21. The van der Waals surface area contributed by atoms with Crippen molar-refractivity contribution in [3.05, 3.63) is 63.7 Å². The minimum Gasteiger partial charge on any atom is -0.508 e. The monoisotopic (exact) mass is 272 g/mol. The summed E-state index contributed by atoms with van der Waals surface area (Å²) < 4.78 is 0. The van der Waals surface area contributed by atoms with E-state index in [1.54, 1.807) is 12.1 Å². The van der Waals surface area contributed by atoms with Crippen LogP contribution in [0.25, 0.3) is 0 Å². The van der Waals surface area contributed by atoms with Crippen LogP contribution in [0.15, 0.2) is 42.5 Å². The van der Waals surface area contributed by atoms with Gasteiger partial charge in [-0.2, -0.15) is 0 Å². The average molecular weight is 272 g/mol. The van der Waals surface area contributed by atoms with Gasteiger partial charge in [0.1, 0.15) is 5.75 Å². The summed E-state index contributed by atoms with van der Waals surface area (Å²) in [4.78, 5) is 22.4. The second kappa shape index (κ2) is 5.40. The average Bonchev–Trinajstić information content (AvgIpc) is 2.41. The molecule has 0 aliphatic rings. The van der Waals surface area contributed by atoms with Crippen LogP contribution in [-0.2, 0) is 0 Å². The molecule has 0 saturated heterocycles. The molecule has 0 bridgehead atoms. The van der Waals surface area contributed by atoms with Crippen LogP contribution >= 0.6 is 0 Å². The Hall–Kier alpha value is -2.89. The molecule has 102 valence electrons. The zero-order valence-corrected chi connectivity index (χ0v) is 10.7. The van der Waals surface area contributed by atoms with Crippen LogP contribution in [-0.4, -0.2) is 15.9 Å². The number of nitro benzene ring substituents is 1. The van der Waals surface area contributed by atoms with E-state index in [0.29, 0.717) is 11.3 Å². The topological polar surface area (TPSA) is 92.5 Å². The number of amides is 1. The molecule has 2 N–H and O–H groups in total. The van der Waals surface area contributed by atoms with Crippen molar-refractivity contribution in [3.8, 4) is 5.75 Å². The van der Waals surface area contributed by atoms with Crippen molar-refractivity contribution < 1.29 is 14.8 Å². The van der Waals surface area contributed by atoms with Gasteiger partial charge in [-0.05, 0) is 37.3 Å². The van der Waals surface area contributed by atoms with Crippen LogP contribution in [0.5, 0.6) is 5.75 Å². The van der Waals surface area contributed by atoms with Crippen LogP contribution < -0.4 is 5.32 Å². The fourth-order valence-electron chi connectivity index (χ4n) is 1.81. The summed E-state index contributed by atoms with van der Waals surface area (Å²) in [7, 11) is 0. The number of rotatable bonds is 3. The lowest BCUT2D eigenvalue weighted by Gasteiger charge is -2.08. The van der Waals surface area contributed by atoms with Gasteiger partial charge < -0.3 is 10.4 Å². The number of carbonyl (C=O) groups excluding carboxylic acids is 1. The normalized spacial score (nSPS) is 10.1. The van der Waals surface area contributed by atoms with E-state index in [1.807, 2.05) is 0 Å². The molecule has 6 heteroatoms. The Bertz CT molecular complexity index is 665. The molecule has 20 heavy (non-hydrogen) atoms. The lowest BCUT2D eigenvalue weighted by molar-refractivity contribution is -0.385. The maximum Gasteiger partial charge on any atom is 0.273 e. The maximum atomic E-state index is 12.1. The Kier molecular flexibility index (Phi) is 3.65. The molecule has 0 heterocycles. The molecule has 2 aromatic carbocycles. The van der Waals surface area contributed by atoms with Crippen molar-refractivity contribution in [2.75, 3.05) is 5.32 Å². The SMILES string of the molecule is Cc1c(C(=O)Nc2ccc(O)cc2)cccc1[N+](=O)[O-]. The van der Waals surface area contributed by atoms with E-state index < -0.39 is 10.8 Å². The highest BCUT2D eigenvalue weighted by molar-refractivity contribution is 6.05. The van der Waals surface area contributed by atoms with Crippen molar-refractivity contribution in [1.82, 2.24) is 0 Å². The molecule has 2 aromatic rings. The summed E-state index contributed by atoms with van der Waals surface area (Å²) in [6, 6.07) is 10.3. The van der Waals surface area contributed by atoms with Gasteiger partial charge >= 0.3 is 0 Å². The number of aromatic hydroxyl groups is 1. The predicted molar refractivity (Wildman–Crippen MR) is 73.9 cm³/mol. The van der Waals surface area contributed by atoms with Gasteiger partial charge in [-0.25, -0.2) is 0 Å². The molecular formula is C14H12N2O4. The number of phenols is 1. The van der Waals surface area contributed by atoms with E-state index in [0.717, 1.165) is 0 Å². The standard InChI is InChI=1S/C14H12N2O4/c1-9-12(3-2-4-13(9)16(19)20)14(18)15-10-5-7-11(17)8-6-10/h2-8,17H,1H3,(H,15,18). The first-order valence-corrected chi connectivity index (χ1v) is 5.83. The molecule has 0 spiro atoms. The highest BCUT2D eigenvalue weighted by atomic mass is 16.6. The van der Waals surface area contributed by atoms with Crippen LogP contribution in [0, 0.1) is 17.0 Å². The smallest absolute Gasteiger partial charge is 0.273 e. The van der Waals surface area contributed by atoms with Crippen LogP contribution in [0.4, 0.5) is 11.4 Å². The van der Waals surface area contributed by atoms with Gasteiger partial charge in [0, 0.05) is 22.9 Å². The van der Waals surface area contributed by atoms with Gasteiger partial charge in [0.15, 0.2) is 0 Å². The van der Waals surface area contributed by atoms with Crippen molar-refractivity contribution in [2.45, 2.75) is 6.92 Å². The number of hydrogen-bond acceptors (Lipinski definition) is 4. The number of nitrogens with one attached hydrogen (secondary N) is 1. The number of nitrogens with zero attached hydrogens (tertiary/aromatic N) is 1. The zero-order valence-electron chi connectivity index (χ0n) is 10.7. The van der Waals surface area contributed by atoms with Gasteiger partial charge in [-0.3, -0.25) is 14.9 Å². The molecule has 0 aromatic heterocycles. The third-order valence-corrected chi connectivity index (χ3v) is 2.87. The number of hydrogen-bond donors (Lipinski definition) is 2. The third-order valence-electron chi connectivity index (χ3n) is 2.87. The molecule has 0 atom stereocenters. The second-order valence-electron chi connectivity index (χ2n) is 4.21. The Labute approximate surface area is 114 Å². The molecular weight excluding hydrogens is 260 g/mol. The lowest BCUT2D eigenvalue weighted by atomic mass is 10.1. The molecule has 0 aliphatic heterocycles. The van der Waals surface area contributed by atoms with Gasteiger partial charge in [0.05, 0.1) is 4.92 Å². The molecule has 6 nitrogen and oxygen atoms in total. The van der Waals surface area contributed by atoms with E-state index >= 15 is 0 Å². The molecule has 0 aliphatic carbocycles. The summed E-state index contributed by atoms with van der Waals surface area (Å²) in [5.41, 5.74) is 0.961. The van der Waals surface area contributed by atoms with Crippen molar-refractivity contribution in [2.24, 2.45) is 0 Å². The van der Waals surface area contributed by atoms with Crippen molar-refractivity contribution in [3.63, 3.8) is 0 Å². The van der Waals surface area contributed by atoms with Crippen LogP contribution in [0.3, 0.4) is 0 Å². The Morgan fingerprint density at radius 3 is 2.45 bits per heavy atom. The number of anilines is 1. The molecule has 0 unspecified atom stereocenters. The van der Waals surface area contributed by atoms with Gasteiger partial charge in [-0.15, -0.1) is 0 Å². The molecule has 0 radical (unpaired) electrons. The first-order valence-electron chi connectivity index (χ1n) is 5.83. The lowest BCUT2D eigenvalue weighted by Crippen LogP contribution is -2.14. The number of nitro groups is 1. The Morgan fingerprint density at radius 2 is 1.85 bits per heavy atom. The molecule has 2 rings (SSSR count). The quantitative estimate of drug-likeness (QED) is 0.510. The van der Waals surface area contributed by atoms with Gasteiger partial charge in [-0.1, -0.05) is 6.07 Å². The first-order chi connectivity index (χ1) is 9.49. The first kappa shape index (κ1) is 13.5. The summed E-state index contributed by atoms with van der Waals surface area (Å²) in [6.07, 6.45) is 0. The summed E-state index contributed by atoms with van der Waals surface area (Å²) >= 11 is 0. The maximum absolute atomic E-state index is 12.1. The van der Waals surface area contributed by atoms with E-state index in [4.69, 9.17) is 5.11 Å². The van der Waals surface area contributed by atoms with Crippen molar-refractivity contribution in [1.29, 1.82) is 0 Å².